The Balaban J connectivity index is 2.59. The minimum atomic E-state index is -0.652. The van der Waals surface area contributed by atoms with Gasteiger partial charge in [-0.15, -0.1) is 0 Å². The van der Waals surface area contributed by atoms with E-state index in [2.05, 4.69) is 10.4 Å². The minimum Gasteiger partial charge on any atom is -0.444 e. The Morgan fingerprint density at radius 3 is 2.60 bits per heavy atom. The lowest BCUT2D eigenvalue weighted by Crippen LogP contribution is -2.27. The quantitative estimate of drug-likeness (QED) is 0.778. The van der Waals surface area contributed by atoms with E-state index in [0.717, 1.165) is 10.7 Å². The molecule has 0 radical (unpaired) electrons. The molecule has 0 bridgehead atoms. The van der Waals surface area contributed by atoms with E-state index in [0.29, 0.717) is 0 Å². The van der Waals surface area contributed by atoms with Gasteiger partial charge in [-0.3, -0.25) is 5.32 Å². The highest BCUT2D eigenvalue weighted by Gasteiger charge is 2.17. The van der Waals surface area contributed by atoms with Crippen LogP contribution in [-0.2, 0) is 11.8 Å². The van der Waals surface area contributed by atoms with Crippen LogP contribution in [0.25, 0.3) is 0 Å². The summed E-state index contributed by atoms with van der Waals surface area (Å²) in [4.78, 5) is 11.2. The second kappa shape index (κ2) is 3.88. The molecular weight excluding hydrogens is 201 g/mol. The zero-order chi connectivity index (χ0) is 11.6. The maximum absolute atomic E-state index is 12.8. The fraction of sp³-hybridized carbons (Fsp3) is 0.556. The zero-order valence-corrected chi connectivity index (χ0v) is 9.17. The zero-order valence-electron chi connectivity index (χ0n) is 9.17. The molecule has 0 saturated carbocycles. The lowest BCUT2D eigenvalue weighted by Gasteiger charge is -2.18. The molecule has 15 heavy (non-hydrogen) atoms. The summed E-state index contributed by atoms with van der Waals surface area (Å²) in [5.41, 5.74) is -0.586. The van der Waals surface area contributed by atoms with Gasteiger partial charge in [-0.2, -0.15) is 9.49 Å². The summed E-state index contributed by atoms with van der Waals surface area (Å²) in [6.07, 6.45) is -0.652. The molecule has 0 aliphatic rings. The molecule has 0 fully saturated rings. The predicted molar refractivity (Wildman–Crippen MR) is 53.0 cm³/mol. The number of halogens is 1. The number of aryl methyl sites for hydroxylation is 1. The third-order valence-electron chi connectivity index (χ3n) is 1.45. The van der Waals surface area contributed by atoms with Gasteiger partial charge in [0.05, 0.1) is 0 Å². The number of hydrogen-bond donors (Lipinski definition) is 1. The Labute approximate surface area is 87.2 Å². The average molecular weight is 215 g/mol. The van der Waals surface area contributed by atoms with Crippen LogP contribution < -0.4 is 5.32 Å². The first-order chi connectivity index (χ1) is 6.78. The van der Waals surface area contributed by atoms with E-state index in [1.54, 1.807) is 20.8 Å². The summed E-state index contributed by atoms with van der Waals surface area (Å²) in [5.74, 6) is -0.398. The van der Waals surface area contributed by atoms with Crippen molar-refractivity contribution in [2.75, 3.05) is 5.32 Å². The van der Waals surface area contributed by atoms with Crippen LogP contribution in [0.5, 0.6) is 0 Å². The van der Waals surface area contributed by atoms with Crippen LogP contribution in [0.2, 0.25) is 0 Å². The van der Waals surface area contributed by atoms with Crippen LogP contribution in [0.4, 0.5) is 15.0 Å². The average Bonchev–Trinajstić information content (AvgIpc) is 2.26. The molecule has 1 aromatic rings. The number of aromatic nitrogens is 2. The van der Waals surface area contributed by atoms with Crippen molar-refractivity contribution in [1.82, 2.24) is 9.78 Å². The number of anilines is 1. The first-order valence-electron chi connectivity index (χ1n) is 4.47. The van der Waals surface area contributed by atoms with E-state index in [1.165, 1.54) is 7.05 Å². The molecule has 0 aliphatic heterocycles. The molecule has 5 nitrogen and oxygen atoms in total. The topological polar surface area (TPSA) is 56.2 Å². The Morgan fingerprint density at radius 1 is 1.60 bits per heavy atom. The molecule has 1 amide bonds. The number of nitrogens with one attached hydrogen (secondary N) is 1. The molecule has 0 aliphatic carbocycles. The van der Waals surface area contributed by atoms with Gasteiger partial charge in [0.1, 0.15) is 5.60 Å². The van der Waals surface area contributed by atoms with Crippen molar-refractivity contribution < 1.29 is 13.9 Å². The highest BCUT2D eigenvalue weighted by Crippen LogP contribution is 2.11. The highest BCUT2D eigenvalue weighted by molar-refractivity contribution is 5.83. The standard InChI is InChI=1S/C9H14FN3O2/c1-9(2,3)15-8(14)11-7-5-6(10)13(4)12-7/h5H,1-4H3,(H,11,12,14). The molecule has 0 unspecified atom stereocenters. The van der Waals surface area contributed by atoms with E-state index in [9.17, 15) is 9.18 Å². The summed E-state index contributed by atoms with van der Waals surface area (Å²) >= 11 is 0. The second-order valence-electron chi connectivity index (χ2n) is 4.10. The smallest absolute Gasteiger partial charge is 0.413 e. The normalized spacial score (nSPS) is 11.3. The first-order valence-corrected chi connectivity index (χ1v) is 4.47. The van der Waals surface area contributed by atoms with Crippen molar-refractivity contribution in [3.63, 3.8) is 0 Å². The highest BCUT2D eigenvalue weighted by atomic mass is 19.1. The number of carbonyl (C=O) groups excluding carboxylic acids is 1. The molecule has 0 aromatic carbocycles. The lowest BCUT2D eigenvalue weighted by atomic mass is 10.2. The molecule has 0 spiro atoms. The summed E-state index contributed by atoms with van der Waals surface area (Å²) in [5, 5.41) is 6.04. The predicted octanol–water partition coefficient (Wildman–Crippen LogP) is 1.91. The summed E-state index contributed by atoms with van der Waals surface area (Å²) < 4.78 is 18.8. The second-order valence-corrected chi connectivity index (χ2v) is 4.10. The molecule has 1 aromatic heterocycles. The van der Waals surface area contributed by atoms with Crippen LogP contribution >= 0.6 is 0 Å². The van der Waals surface area contributed by atoms with Crippen LogP contribution in [0.1, 0.15) is 20.8 Å². The van der Waals surface area contributed by atoms with Crippen LogP contribution in [-0.4, -0.2) is 21.5 Å². The monoisotopic (exact) mass is 215 g/mol. The van der Waals surface area contributed by atoms with Gasteiger partial charge >= 0.3 is 6.09 Å². The largest absolute Gasteiger partial charge is 0.444 e. The minimum absolute atomic E-state index is 0.129. The van der Waals surface area contributed by atoms with Crippen LogP contribution in [0, 0.1) is 5.95 Å². The Bertz CT molecular complexity index is 348. The first kappa shape index (κ1) is 11.5. The van der Waals surface area contributed by atoms with Gasteiger partial charge < -0.3 is 4.74 Å². The van der Waals surface area contributed by atoms with Crippen molar-refractivity contribution in [1.29, 1.82) is 0 Å². The maximum Gasteiger partial charge on any atom is 0.413 e. The maximum atomic E-state index is 12.8. The van der Waals surface area contributed by atoms with Crippen molar-refractivity contribution >= 4 is 11.9 Å². The third kappa shape index (κ3) is 3.57. The Hall–Kier alpha value is -1.59. The number of rotatable bonds is 1. The summed E-state index contributed by atoms with van der Waals surface area (Å²) in [7, 11) is 1.44. The van der Waals surface area contributed by atoms with Crippen LogP contribution in [0.15, 0.2) is 6.07 Å². The Morgan fingerprint density at radius 2 is 2.20 bits per heavy atom. The number of nitrogens with zero attached hydrogens (tertiary/aromatic N) is 2. The number of carbonyl (C=O) groups is 1. The van der Waals surface area contributed by atoms with Gasteiger partial charge in [0, 0.05) is 13.1 Å². The fourth-order valence-electron chi connectivity index (χ4n) is 0.914. The Kier molecular flexibility index (Phi) is 2.97. The molecule has 0 saturated heterocycles. The molecule has 0 atom stereocenters. The summed E-state index contributed by atoms with van der Waals surface area (Å²) in [6.45, 7) is 5.22. The van der Waals surface area contributed by atoms with Gasteiger partial charge in [0.2, 0.25) is 5.95 Å². The number of ether oxygens (including phenoxy) is 1. The molecular formula is C9H14FN3O2. The lowest BCUT2D eigenvalue weighted by molar-refractivity contribution is 0.0635. The van der Waals surface area contributed by atoms with Gasteiger partial charge in [0.15, 0.2) is 5.82 Å². The van der Waals surface area contributed by atoms with E-state index in [4.69, 9.17) is 4.74 Å². The van der Waals surface area contributed by atoms with E-state index < -0.39 is 17.6 Å². The van der Waals surface area contributed by atoms with Crippen molar-refractivity contribution in [2.24, 2.45) is 7.05 Å². The van der Waals surface area contributed by atoms with E-state index in [-0.39, 0.29) is 5.82 Å². The van der Waals surface area contributed by atoms with E-state index >= 15 is 0 Å². The number of hydrogen-bond acceptors (Lipinski definition) is 3. The fourth-order valence-corrected chi connectivity index (χ4v) is 0.914. The number of amides is 1. The van der Waals surface area contributed by atoms with Crippen molar-refractivity contribution in [3.8, 4) is 0 Å². The van der Waals surface area contributed by atoms with E-state index in [1.807, 2.05) is 0 Å². The molecule has 1 heterocycles. The van der Waals surface area contributed by atoms with Crippen molar-refractivity contribution in [2.45, 2.75) is 26.4 Å². The molecule has 1 rings (SSSR count). The molecule has 6 heteroatoms. The van der Waals surface area contributed by atoms with Gasteiger partial charge in [-0.05, 0) is 20.8 Å². The van der Waals surface area contributed by atoms with Crippen molar-refractivity contribution in [3.05, 3.63) is 12.0 Å². The van der Waals surface area contributed by atoms with Gasteiger partial charge in [-0.1, -0.05) is 0 Å². The molecule has 1 N–H and O–H groups in total. The van der Waals surface area contributed by atoms with Gasteiger partial charge in [-0.25, -0.2) is 9.48 Å². The summed E-state index contributed by atoms with van der Waals surface area (Å²) in [6, 6.07) is 1.12. The molecule has 84 valence electrons. The third-order valence-corrected chi connectivity index (χ3v) is 1.45. The van der Waals surface area contributed by atoms with Gasteiger partial charge in [0.25, 0.3) is 0 Å². The van der Waals surface area contributed by atoms with Crippen LogP contribution in [0.3, 0.4) is 0 Å². The SMILES string of the molecule is Cn1nc(NC(=O)OC(C)(C)C)cc1F.